The second-order valence-corrected chi connectivity index (χ2v) is 11.0. The molecule has 0 aliphatic carbocycles. The maximum atomic E-state index is 13.6. The lowest BCUT2D eigenvalue weighted by Crippen LogP contribution is -2.50. The summed E-state index contributed by atoms with van der Waals surface area (Å²) in [5.41, 5.74) is 0.413. The van der Waals surface area contributed by atoms with E-state index in [1.54, 1.807) is 18.2 Å². The van der Waals surface area contributed by atoms with Crippen molar-refractivity contribution in [1.82, 2.24) is 24.7 Å². The number of hydrogen-bond acceptors (Lipinski definition) is 11. The third-order valence-electron chi connectivity index (χ3n) is 6.48. The van der Waals surface area contributed by atoms with Crippen molar-refractivity contribution in [3.05, 3.63) is 42.2 Å². The zero-order valence-corrected chi connectivity index (χ0v) is 21.6. The molecule has 38 heavy (non-hydrogen) atoms. The van der Waals surface area contributed by atoms with Crippen LogP contribution in [0.2, 0.25) is 0 Å². The Morgan fingerprint density at radius 1 is 1.13 bits per heavy atom. The van der Waals surface area contributed by atoms with Gasteiger partial charge in [0.15, 0.2) is 11.6 Å². The first-order valence-corrected chi connectivity index (χ1v) is 13.6. The van der Waals surface area contributed by atoms with E-state index in [-0.39, 0.29) is 31.4 Å². The quantitative estimate of drug-likeness (QED) is 0.420. The smallest absolute Gasteiger partial charge is 0.243 e. The van der Waals surface area contributed by atoms with Crippen LogP contribution in [-0.4, -0.2) is 83.5 Å². The Morgan fingerprint density at radius 2 is 1.84 bits per heavy atom. The monoisotopic (exact) mass is 549 g/mol. The van der Waals surface area contributed by atoms with Crippen molar-refractivity contribution >= 4 is 21.9 Å². The molecule has 4 heterocycles. The molecule has 0 amide bonds. The number of hydrogen-bond donors (Lipinski definition) is 2. The molecule has 5 rings (SSSR count). The molecule has 0 bridgehead atoms. The molecule has 0 spiro atoms. The molecule has 0 radical (unpaired) electrons. The Kier molecular flexibility index (Phi) is 7.32. The average Bonchev–Trinajstić information content (AvgIpc) is 3.58. The molecule has 2 saturated heterocycles. The van der Waals surface area contributed by atoms with Crippen molar-refractivity contribution in [3.63, 3.8) is 0 Å². The van der Waals surface area contributed by atoms with Gasteiger partial charge in [-0.2, -0.15) is 0 Å². The molecule has 204 valence electrons. The lowest BCUT2D eigenvalue weighted by atomic mass is 10.1. The molecule has 2 aliphatic rings. The number of methoxy groups -OCH3 is 2. The molecule has 3 aromatic rings. The van der Waals surface area contributed by atoms with Gasteiger partial charge < -0.3 is 24.2 Å². The van der Waals surface area contributed by atoms with Gasteiger partial charge in [-0.15, -0.1) is 10.2 Å². The number of ether oxygens (including phenoxy) is 3. The SMILES string of the molecule is COc1cccc(OC)c1-n1c(NS(=O)(=O)[C@@H]2C[C@@H](O)CN(c3ncc(F)cn3)C2)nnc1C1CCCO1. The number of β-amino-alcohol motifs (C(OH)–C–C–N with tert-alkyl or cyclic N) is 1. The Labute approximate surface area is 218 Å². The van der Waals surface area contributed by atoms with Gasteiger partial charge in [0.25, 0.3) is 0 Å². The summed E-state index contributed by atoms with van der Waals surface area (Å²) in [6, 6.07) is 5.18. The minimum atomic E-state index is -4.13. The van der Waals surface area contributed by atoms with Crippen LogP contribution in [0.25, 0.3) is 5.69 Å². The van der Waals surface area contributed by atoms with Crippen LogP contribution in [-0.2, 0) is 14.8 Å². The van der Waals surface area contributed by atoms with Crippen molar-refractivity contribution < 1.29 is 32.1 Å². The number of anilines is 2. The number of nitrogens with one attached hydrogen (secondary N) is 1. The van der Waals surface area contributed by atoms with Crippen LogP contribution >= 0.6 is 0 Å². The predicted molar refractivity (Wildman–Crippen MR) is 134 cm³/mol. The summed E-state index contributed by atoms with van der Waals surface area (Å²) >= 11 is 0. The predicted octanol–water partition coefficient (Wildman–Crippen LogP) is 1.45. The number of aliphatic hydroxyl groups excluding tert-OH is 1. The topological polar surface area (TPSA) is 154 Å². The summed E-state index contributed by atoms with van der Waals surface area (Å²) in [5.74, 6) is 0.641. The summed E-state index contributed by atoms with van der Waals surface area (Å²) in [6.07, 6.45) is 2.07. The van der Waals surface area contributed by atoms with Crippen molar-refractivity contribution in [2.45, 2.75) is 36.7 Å². The number of aliphatic hydroxyl groups is 1. The fraction of sp³-hybridized carbons (Fsp3) is 0.478. The van der Waals surface area contributed by atoms with Crippen LogP contribution in [0.5, 0.6) is 11.5 Å². The van der Waals surface area contributed by atoms with Crippen molar-refractivity contribution in [3.8, 4) is 17.2 Å². The first-order chi connectivity index (χ1) is 18.3. The van der Waals surface area contributed by atoms with Crippen LogP contribution in [0.4, 0.5) is 16.3 Å². The Hall–Kier alpha value is -3.56. The number of nitrogens with zero attached hydrogens (tertiary/aromatic N) is 6. The molecule has 0 saturated carbocycles. The third kappa shape index (κ3) is 5.08. The first-order valence-electron chi connectivity index (χ1n) is 12.0. The highest BCUT2D eigenvalue weighted by Crippen LogP contribution is 2.39. The molecule has 2 N–H and O–H groups in total. The van der Waals surface area contributed by atoms with Crippen molar-refractivity contribution in [2.75, 3.05) is 43.5 Å². The molecular formula is C23H28FN7O6S. The number of sulfonamides is 1. The minimum absolute atomic E-state index is 0.0251. The van der Waals surface area contributed by atoms with E-state index in [1.165, 1.54) is 23.7 Å². The Bertz CT molecular complexity index is 1360. The Morgan fingerprint density at radius 3 is 2.47 bits per heavy atom. The van der Waals surface area contributed by atoms with Crippen LogP contribution in [0.3, 0.4) is 0 Å². The van der Waals surface area contributed by atoms with Gasteiger partial charge in [0, 0.05) is 19.7 Å². The van der Waals surface area contributed by atoms with E-state index in [9.17, 15) is 17.9 Å². The van der Waals surface area contributed by atoms with E-state index in [4.69, 9.17) is 14.2 Å². The van der Waals surface area contributed by atoms with Crippen LogP contribution in [0.1, 0.15) is 31.2 Å². The fourth-order valence-corrected chi connectivity index (χ4v) is 6.12. The summed E-state index contributed by atoms with van der Waals surface area (Å²) < 4.78 is 61.6. The fourth-order valence-electron chi connectivity index (χ4n) is 4.72. The highest BCUT2D eigenvalue weighted by atomic mass is 32.2. The second-order valence-electron chi connectivity index (χ2n) is 8.99. The molecule has 3 atom stereocenters. The van der Waals surface area contributed by atoms with Crippen LogP contribution in [0.15, 0.2) is 30.6 Å². The zero-order valence-electron chi connectivity index (χ0n) is 20.8. The van der Waals surface area contributed by atoms with E-state index in [0.29, 0.717) is 36.0 Å². The van der Waals surface area contributed by atoms with Gasteiger partial charge in [-0.3, -0.25) is 9.29 Å². The van der Waals surface area contributed by atoms with Gasteiger partial charge >= 0.3 is 0 Å². The van der Waals surface area contributed by atoms with Crippen LogP contribution < -0.4 is 19.1 Å². The number of benzene rings is 1. The van der Waals surface area contributed by atoms with Gasteiger partial charge in [0.05, 0.1) is 32.7 Å². The highest BCUT2D eigenvalue weighted by molar-refractivity contribution is 7.93. The van der Waals surface area contributed by atoms with E-state index in [0.717, 1.165) is 18.8 Å². The lowest BCUT2D eigenvalue weighted by molar-refractivity contribution is 0.103. The van der Waals surface area contributed by atoms with Crippen molar-refractivity contribution in [1.29, 1.82) is 0 Å². The largest absolute Gasteiger partial charge is 0.494 e. The van der Waals surface area contributed by atoms with E-state index in [1.807, 2.05) is 0 Å². The molecule has 1 aromatic carbocycles. The first kappa shape index (κ1) is 26.1. The van der Waals surface area contributed by atoms with Gasteiger partial charge in [0.1, 0.15) is 28.5 Å². The van der Waals surface area contributed by atoms with E-state index >= 15 is 0 Å². The summed E-state index contributed by atoms with van der Waals surface area (Å²) in [4.78, 5) is 9.35. The van der Waals surface area contributed by atoms with E-state index in [2.05, 4.69) is 24.9 Å². The van der Waals surface area contributed by atoms with E-state index < -0.39 is 33.3 Å². The third-order valence-corrected chi connectivity index (χ3v) is 8.17. The molecule has 2 aliphatic heterocycles. The zero-order chi connectivity index (χ0) is 26.9. The summed E-state index contributed by atoms with van der Waals surface area (Å²) in [5, 5.41) is 17.8. The summed E-state index contributed by atoms with van der Waals surface area (Å²) in [7, 11) is -1.14. The molecule has 2 fully saturated rings. The average molecular weight is 550 g/mol. The van der Waals surface area contributed by atoms with Gasteiger partial charge in [-0.25, -0.2) is 22.8 Å². The molecule has 1 unspecified atom stereocenters. The molecule has 13 nitrogen and oxygen atoms in total. The summed E-state index contributed by atoms with van der Waals surface area (Å²) in [6.45, 7) is 0.626. The highest BCUT2D eigenvalue weighted by Gasteiger charge is 2.38. The number of para-hydroxylation sites is 1. The molecular weight excluding hydrogens is 521 g/mol. The van der Waals surface area contributed by atoms with Gasteiger partial charge in [-0.05, 0) is 31.4 Å². The maximum absolute atomic E-state index is 13.6. The number of piperidine rings is 1. The molecule has 15 heteroatoms. The Balaban J connectivity index is 1.51. The van der Waals surface area contributed by atoms with Crippen LogP contribution in [0, 0.1) is 5.82 Å². The van der Waals surface area contributed by atoms with Gasteiger partial charge in [0.2, 0.25) is 21.9 Å². The number of halogens is 1. The van der Waals surface area contributed by atoms with Gasteiger partial charge in [-0.1, -0.05) is 6.07 Å². The number of rotatable bonds is 8. The molecule has 2 aromatic heterocycles. The minimum Gasteiger partial charge on any atom is -0.494 e. The number of aromatic nitrogens is 5. The lowest BCUT2D eigenvalue weighted by Gasteiger charge is -2.35. The standard InChI is InChI=1S/C23H28FN7O6S/c1-35-17-5-3-6-18(36-2)20(17)31-21(19-7-4-8-37-19)27-28-23(31)29-38(33,34)16-9-15(32)12-30(13-16)22-25-10-14(24)11-26-22/h3,5-6,10-11,15-16,19,32H,4,7-9,12-13H2,1-2H3,(H,28,29)/t15-,16-,19?/m1/s1. The maximum Gasteiger partial charge on any atom is 0.243 e. The van der Waals surface area contributed by atoms with Crippen molar-refractivity contribution in [2.24, 2.45) is 0 Å². The normalized spacial score (nSPS) is 21.9. The second kappa shape index (κ2) is 10.7.